The molecule has 7 nitrogen and oxygen atoms in total. The second-order valence-electron chi connectivity index (χ2n) is 6.19. The van der Waals surface area contributed by atoms with Gasteiger partial charge in [0.2, 0.25) is 0 Å². The Morgan fingerprint density at radius 1 is 1.32 bits per heavy atom. The van der Waals surface area contributed by atoms with Crippen molar-refractivity contribution in [3.8, 4) is 11.8 Å². The molecule has 2 aromatic heterocycles. The molecule has 0 atom stereocenters. The normalized spacial score (nSPS) is 10.6. The third-order valence-electron chi connectivity index (χ3n) is 4.29. The summed E-state index contributed by atoms with van der Waals surface area (Å²) in [6.07, 6.45) is 1.75. The van der Waals surface area contributed by atoms with Crippen molar-refractivity contribution in [3.63, 3.8) is 0 Å². The Hall–Kier alpha value is -3.60. The van der Waals surface area contributed by atoms with E-state index in [1.165, 1.54) is 28.9 Å². The molecule has 3 N–H and O–H groups in total. The van der Waals surface area contributed by atoms with Gasteiger partial charge >= 0.3 is 0 Å². The molecule has 0 saturated heterocycles. The van der Waals surface area contributed by atoms with Crippen molar-refractivity contribution in [1.29, 1.82) is 5.26 Å². The number of anilines is 1. The highest BCUT2D eigenvalue weighted by Crippen LogP contribution is 2.21. The third-order valence-corrected chi connectivity index (χ3v) is 4.29. The van der Waals surface area contributed by atoms with Crippen LogP contribution in [0.1, 0.15) is 40.9 Å². The van der Waals surface area contributed by atoms with Gasteiger partial charge in [0, 0.05) is 13.0 Å². The molecule has 1 amide bonds. The number of hydrogen-bond donors (Lipinski definition) is 2. The fourth-order valence-electron chi connectivity index (χ4n) is 2.79. The topological polar surface area (TPSA) is 110 Å². The molecular formula is C20H20FN5O2. The summed E-state index contributed by atoms with van der Waals surface area (Å²) in [5.74, 6) is 0.589. The van der Waals surface area contributed by atoms with Gasteiger partial charge in [-0.1, -0.05) is 6.92 Å². The maximum atomic E-state index is 13.1. The van der Waals surface area contributed by atoms with E-state index in [4.69, 9.17) is 10.2 Å². The summed E-state index contributed by atoms with van der Waals surface area (Å²) in [4.78, 5) is 12.1. The Kier molecular flexibility index (Phi) is 5.75. The predicted octanol–water partition coefficient (Wildman–Crippen LogP) is 2.98. The van der Waals surface area contributed by atoms with E-state index in [9.17, 15) is 14.4 Å². The number of furan rings is 1. The molecule has 0 radical (unpaired) electrons. The largest absolute Gasteiger partial charge is 0.456 e. The molecule has 3 aromatic rings. The van der Waals surface area contributed by atoms with Crippen LogP contribution in [0.15, 0.2) is 40.8 Å². The number of aryl methyl sites for hydroxylation is 2. The van der Waals surface area contributed by atoms with Crippen molar-refractivity contribution >= 4 is 11.7 Å². The first-order chi connectivity index (χ1) is 13.5. The Bertz CT molecular complexity index is 1010. The molecule has 0 aliphatic heterocycles. The minimum absolute atomic E-state index is 0.204. The number of amides is 1. The predicted molar refractivity (Wildman–Crippen MR) is 101 cm³/mol. The van der Waals surface area contributed by atoms with Crippen LogP contribution in [0.5, 0.6) is 0 Å². The minimum Gasteiger partial charge on any atom is -0.456 e. The number of carbonyl (C=O) groups excluding carboxylic acids is 1. The summed E-state index contributed by atoms with van der Waals surface area (Å²) in [6.45, 7) is 2.35. The van der Waals surface area contributed by atoms with Gasteiger partial charge in [-0.2, -0.15) is 10.4 Å². The van der Waals surface area contributed by atoms with Crippen LogP contribution in [0.2, 0.25) is 0 Å². The minimum atomic E-state index is -0.367. The van der Waals surface area contributed by atoms with Crippen molar-refractivity contribution in [3.05, 3.63) is 65.0 Å². The van der Waals surface area contributed by atoms with E-state index in [1.54, 1.807) is 12.1 Å². The molecule has 1 aromatic carbocycles. The van der Waals surface area contributed by atoms with Gasteiger partial charge in [0.15, 0.2) is 5.76 Å². The number of aromatic nitrogens is 2. The van der Waals surface area contributed by atoms with Crippen LogP contribution >= 0.6 is 0 Å². The average molecular weight is 381 g/mol. The number of nitrogens with one attached hydrogen (secondary N) is 1. The highest BCUT2D eigenvalue weighted by atomic mass is 19.1. The zero-order valence-corrected chi connectivity index (χ0v) is 15.4. The highest BCUT2D eigenvalue weighted by molar-refractivity contribution is 5.91. The molecule has 3 rings (SSSR count). The van der Waals surface area contributed by atoms with Gasteiger partial charge in [-0.3, -0.25) is 4.79 Å². The zero-order chi connectivity index (χ0) is 20.1. The van der Waals surface area contributed by atoms with Gasteiger partial charge in [-0.05, 0) is 49.2 Å². The Morgan fingerprint density at radius 3 is 2.71 bits per heavy atom. The van der Waals surface area contributed by atoms with E-state index < -0.39 is 0 Å². The molecule has 0 unspecified atom stereocenters. The van der Waals surface area contributed by atoms with Gasteiger partial charge in [0.25, 0.3) is 5.91 Å². The number of nitrogens with zero attached hydrogens (tertiary/aromatic N) is 3. The summed E-state index contributed by atoms with van der Waals surface area (Å²) in [6, 6.07) is 11.2. The molecule has 2 heterocycles. The Labute approximate surface area is 161 Å². The molecule has 0 aliphatic rings. The molecule has 28 heavy (non-hydrogen) atoms. The summed E-state index contributed by atoms with van der Waals surface area (Å²) >= 11 is 0. The number of halogens is 1. The van der Waals surface area contributed by atoms with Crippen LogP contribution in [0, 0.1) is 17.1 Å². The average Bonchev–Trinajstić information content (AvgIpc) is 3.30. The van der Waals surface area contributed by atoms with E-state index in [0.29, 0.717) is 30.8 Å². The SMILES string of the molecule is CCc1ccc(C(=O)NCCCc2nn(-c3ccc(F)cc3)c(N)c2C#N)o1. The standard InChI is InChI=1S/C20H20FN5O2/c1-2-15-9-10-18(28-15)20(27)24-11-3-4-17-16(12-22)19(23)26(25-17)14-7-5-13(21)6-8-14/h5-10H,2-4,11,23H2,1H3,(H,24,27). The number of hydrogen-bond acceptors (Lipinski definition) is 5. The van der Waals surface area contributed by atoms with Crippen molar-refractivity contribution in [2.24, 2.45) is 0 Å². The van der Waals surface area contributed by atoms with Crippen LogP contribution in [0.3, 0.4) is 0 Å². The first kappa shape index (κ1) is 19.2. The van der Waals surface area contributed by atoms with Gasteiger partial charge in [-0.25, -0.2) is 9.07 Å². The molecule has 0 aliphatic carbocycles. The third kappa shape index (κ3) is 4.04. The number of carbonyl (C=O) groups is 1. The Morgan fingerprint density at radius 2 is 2.07 bits per heavy atom. The van der Waals surface area contributed by atoms with Gasteiger partial charge in [0.05, 0.1) is 11.4 Å². The van der Waals surface area contributed by atoms with Crippen LogP contribution in [-0.4, -0.2) is 22.2 Å². The smallest absolute Gasteiger partial charge is 0.286 e. The summed E-state index contributed by atoms with van der Waals surface area (Å²) in [5, 5.41) is 16.6. The fraction of sp³-hybridized carbons (Fsp3) is 0.250. The lowest BCUT2D eigenvalue weighted by Gasteiger charge is -2.03. The van der Waals surface area contributed by atoms with Crippen LogP contribution in [0.4, 0.5) is 10.2 Å². The van der Waals surface area contributed by atoms with Crippen LogP contribution < -0.4 is 11.1 Å². The number of nitrogen functional groups attached to an aromatic ring is 1. The van der Waals surface area contributed by atoms with Crippen LogP contribution in [-0.2, 0) is 12.8 Å². The number of nitriles is 1. The summed E-state index contributed by atoms with van der Waals surface area (Å²) in [7, 11) is 0. The van der Waals surface area contributed by atoms with E-state index in [2.05, 4.69) is 16.5 Å². The lowest BCUT2D eigenvalue weighted by atomic mass is 10.1. The summed E-state index contributed by atoms with van der Waals surface area (Å²) < 4.78 is 19.9. The maximum absolute atomic E-state index is 13.1. The van der Waals surface area contributed by atoms with Gasteiger partial charge in [0.1, 0.15) is 29.0 Å². The van der Waals surface area contributed by atoms with Crippen molar-refractivity contribution in [1.82, 2.24) is 15.1 Å². The quantitative estimate of drug-likeness (QED) is 0.612. The van der Waals surface area contributed by atoms with Crippen molar-refractivity contribution in [2.45, 2.75) is 26.2 Å². The van der Waals surface area contributed by atoms with Crippen LogP contribution in [0.25, 0.3) is 5.69 Å². The van der Waals surface area contributed by atoms with E-state index in [1.807, 2.05) is 6.92 Å². The second kappa shape index (κ2) is 8.39. The number of rotatable bonds is 7. The molecule has 144 valence electrons. The lowest BCUT2D eigenvalue weighted by molar-refractivity contribution is 0.0924. The number of benzene rings is 1. The van der Waals surface area contributed by atoms with E-state index in [-0.39, 0.29) is 28.9 Å². The summed E-state index contributed by atoms with van der Waals surface area (Å²) in [5.41, 5.74) is 7.42. The highest BCUT2D eigenvalue weighted by Gasteiger charge is 2.17. The van der Waals surface area contributed by atoms with E-state index >= 15 is 0 Å². The lowest BCUT2D eigenvalue weighted by Crippen LogP contribution is -2.24. The number of nitrogens with two attached hydrogens (primary N) is 1. The van der Waals surface area contributed by atoms with Crippen molar-refractivity contribution < 1.29 is 13.6 Å². The molecule has 0 saturated carbocycles. The Balaban J connectivity index is 1.62. The molecule has 0 bridgehead atoms. The fourth-order valence-corrected chi connectivity index (χ4v) is 2.79. The van der Waals surface area contributed by atoms with E-state index in [0.717, 1.165) is 12.2 Å². The molecular weight excluding hydrogens is 361 g/mol. The first-order valence-electron chi connectivity index (χ1n) is 8.93. The maximum Gasteiger partial charge on any atom is 0.286 e. The zero-order valence-electron chi connectivity index (χ0n) is 15.4. The molecule has 0 spiro atoms. The van der Waals surface area contributed by atoms with Crippen molar-refractivity contribution in [2.75, 3.05) is 12.3 Å². The first-order valence-corrected chi connectivity index (χ1v) is 8.93. The van der Waals surface area contributed by atoms with Gasteiger partial charge < -0.3 is 15.5 Å². The molecule has 0 fully saturated rings. The molecule has 8 heteroatoms. The monoisotopic (exact) mass is 381 g/mol. The van der Waals surface area contributed by atoms with Gasteiger partial charge in [-0.15, -0.1) is 0 Å². The second-order valence-corrected chi connectivity index (χ2v) is 6.19.